The quantitative estimate of drug-likeness (QED) is 0.742. The Morgan fingerprint density at radius 2 is 2.09 bits per heavy atom. The third-order valence-electron chi connectivity index (χ3n) is 4.09. The van der Waals surface area contributed by atoms with Crippen molar-refractivity contribution in [2.75, 3.05) is 0 Å². The summed E-state index contributed by atoms with van der Waals surface area (Å²) in [6.45, 7) is -0.0129. The summed E-state index contributed by atoms with van der Waals surface area (Å²) in [5.74, 6) is 0.169. The summed E-state index contributed by atoms with van der Waals surface area (Å²) in [6, 6.07) is 11.3. The van der Waals surface area contributed by atoms with Crippen molar-refractivity contribution >= 4 is 28.2 Å². The Kier molecular flexibility index (Phi) is 3.50. The number of aromatic amines is 1. The minimum atomic E-state index is -0.338. The lowest BCUT2D eigenvalue weighted by molar-refractivity contribution is 0.0476. The summed E-state index contributed by atoms with van der Waals surface area (Å²) in [5, 5.41) is 2.85. The van der Waals surface area contributed by atoms with Crippen LogP contribution in [0.4, 0.5) is 0 Å². The van der Waals surface area contributed by atoms with Crippen LogP contribution in [0.5, 0.6) is 0 Å². The molecule has 1 saturated carbocycles. The first kappa shape index (κ1) is 14.2. The zero-order valence-corrected chi connectivity index (χ0v) is 13.2. The summed E-state index contributed by atoms with van der Waals surface area (Å²) in [7, 11) is 0. The molecule has 4 rings (SSSR count). The number of benzene rings is 1. The van der Waals surface area contributed by atoms with Crippen molar-refractivity contribution in [3.8, 4) is 0 Å². The van der Waals surface area contributed by atoms with Crippen molar-refractivity contribution in [3.05, 3.63) is 68.1 Å². The SMILES string of the molecule is O=C(OCc1cc2ccccc2[nH]c1=O)c1sccc1C1CC1. The molecule has 1 aliphatic rings. The molecular formula is C18H15NO3S. The second kappa shape index (κ2) is 5.66. The number of aromatic nitrogens is 1. The van der Waals surface area contributed by atoms with Gasteiger partial charge in [-0.3, -0.25) is 4.79 Å². The second-order valence-corrected chi connectivity index (χ2v) is 6.68. The third kappa shape index (κ3) is 2.80. The van der Waals surface area contributed by atoms with Crippen LogP contribution in [0.1, 0.15) is 39.6 Å². The standard InChI is InChI=1S/C18H15NO3S/c20-17-13(9-12-3-1-2-4-15(12)19-17)10-22-18(21)16-14(7-8-23-16)11-5-6-11/h1-4,7-9,11H,5-6,10H2,(H,19,20). The Bertz CT molecular complexity index is 937. The lowest BCUT2D eigenvalue weighted by Gasteiger charge is -2.06. The van der Waals surface area contributed by atoms with E-state index in [1.165, 1.54) is 11.3 Å². The lowest BCUT2D eigenvalue weighted by atomic mass is 10.1. The van der Waals surface area contributed by atoms with Gasteiger partial charge in [0.15, 0.2) is 0 Å². The highest BCUT2D eigenvalue weighted by molar-refractivity contribution is 7.12. The molecule has 0 radical (unpaired) electrons. The highest BCUT2D eigenvalue weighted by Crippen LogP contribution is 2.43. The second-order valence-electron chi connectivity index (χ2n) is 5.77. The number of carbonyl (C=O) groups excluding carboxylic acids is 1. The maximum Gasteiger partial charge on any atom is 0.348 e. The Hall–Kier alpha value is -2.40. The van der Waals surface area contributed by atoms with Crippen molar-refractivity contribution in [3.63, 3.8) is 0 Å². The smallest absolute Gasteiger partial charge is 0.348 e. The van der Waals surface area contributed by atoms with Crippen molar-refractivity contribution in [1.29, 1.82) is 0 Å². The van der Waals surface area contributed by atoms with Crippen LogP contribution in [0.15, 0.2) is 46.6 Å². The van der Waals surface area contributed by atoms with Gasteiger partial charge < -0.3 is 9.72 Å². The highest BCUT2D eigenvalue weighted by atomic mass is 32.1. The first-order valence-corrected chi connectivity index (χ1v) is 8.46. The summed E-state index contributed by atoms with van der Waals surface area (Å²) >= 11 is 1.41. The predicted octanol–water partition coefficient (Wildman–Crippen LogP) is 3.82. The van der Waals surface area contributed by atoms with E-state index in [4.69, 9.17) is 4.74 Å². The Morgan fingerprint density at radius 1 is 1.26 bits per heavy atom. The van der Waals surface area contributed by atoms with Gasteiger partial charge in [0.25, 0.3) is 5.56 Å². The number of hydrogen-bond donors (Lipinski definition) is 1. The van der Waals surface area contributed by atoms with E-state index in [1.54, 1.807) is 6.07 Å². The van der Waals surface area contributed by atoms with Crippen LogP contribution in [-0.2, 0) is 11.3 Å². The summed E-state index contributed by atoms with van der Waals surface area (Å²) in [6.07, 6.45) is 2.28. The number of para-hydroxylation sites is 1. The molecule has 1 N–H and O–H groups in total. The van der Waals surface area contributed by atoms with Crippen LogP contribution in [0, 0.1) is 0 Å². The fourth-order valence-corrected chi connectivity index (χ4v) is 3.59. The van der Waals surface area contributed by atoms with E-state index in [9.17, 15) is 9.59 Å². The number of carbonyl (C=O) groups is 1. The zero-order valence-electron chi connectivity index (χ0n) is 12.4. The van der Waals surface area contributed by atoms with Crippen LogP contribution in [0.3, 0.4) is 0 Å². The van der Waals surface area contributed by atoms with Gasteiger partial charge >= 0.3 is 5.97 Å². The first-order valence-electron chi connectivity index (χ1n) is 7.58. The van der Waals surface area contributed by atoms with Gasteiger partial charge in [-0.1, -0.05) is 18.2 Å². The molecule has 0 saturated heterocycles. The summed E-state index contributed by atoms with van der Waals surface area (Å²) in [5.41, 5.74) is 2.11. The van der Waals surface area contributed by atoms with Crippen LogP contribution < -0.4 is 5.56 Å². The average molecular weight is 325 g/mol. The van der Waals surface area contributed by atoms with Gasteiger partial charge in [0.1, 0.15) is 11.5 Å². The normalized spacial score (nSPS) is 14.1. The molecule has 4 nitrogen and oxygen atoms in total. The molecule has 3 aromatic rings. The molecule has 0 bridgehead atoms. The van der Waals surface area contributed by atoms with Crippen molar-refractivity contribution in [1.82, 2.24) is 4.98 Å². The molecule has 1 aromatic carbocycles. The van der Waals surface area contributed by atoms with E-state index < -0.39 is 0 Å². The van der Waals surface area contributed by atoms with Crippen molar-refractivity contribution in [2.45, 2.75) is 25.4 Å². The Labute approximate surface area is 136 Å². The van der Waals surface area contributed by atoms with Gasteiger partial charge in [-0.25, -0.2) is 4.79 Å². The molecule has 0 atom stereocenters. The third-order valence-corrected chi connectivity index (χ3v) is 5.00. The fourth-order valence-electron chi connectivity index (χ4n) is 2.71. The lowest BCUT2D eigenvalue weighted by Crippen LogP contribution is -2.15. The number of thiophene rings is 1. The molecule has 1 aliphatic carbocycles. The number of hydrogen-bond acceptors (Lipinski definition) is 4. The molecule has 23 heavy (non-hydrogen) atoms. The number of H-pyrrole nitrogens is 1. The topological polar surface area (TPSA) is 59.2 Å². The van der Waals surface area contributed by atoms with E-state index in [0.29, 0.717) is 16.4 Å². The number of esters is 1. The van der Waals surface area contributed by atoms with Gasteiger partial charge in [-0.2, -0.15) is 0 Å². The number of nitrogens with one attached hydrogen (secondary N) is 1. The number of pyridine rings is 1. The van der Waals surface area contributed by atoms with E-state index in [1.807, 2.05) is 35.7 Å². The number of ether oxygens (including phenoxy) is 1. The molecule has 1 fully saturated rings. The van der Waals surface area contributed by atoms with Gasteiger partial charge in [0.05, 0.1) is 5.56 Å². The number of rotatable bonds is 4. The largest absolute Gasteiger partial charge is 0.456 e. The van der Waals surface area contributed by atoms with Crippen LogP contribution >= 0.6 is 11.3 Å². The minimum Gasteiger partial charge on any atom is -0.456 e. The molecule has 5 heteroatoms. The molecule has 2 aromatic heterocycles. The van der Waals surface area contributed by atoms with Crippen molar-refractivity contribution in [2.24, 2.45) is 0 Å². The average Bonchev–Trinajstić information content (AvgIpc) is 3.29. The monoisotopic (exact) mass is 325 g/mol. The molecule has 2 heterocycles. The maximum absolute atomic E-state index is 12.3. The van der Waals surface area contributed by atoms with E-state index >= 15 is 0 Å². The highest BCUT2D eigenvalue weighted by Gasteiger charge is 2.29. The molecule has 0 amide bonds. The summed E-state index contributed by atoms with van der Waals surface area (Å²) < 4.78 is 5.37. The first-order chi connectivity index (χ1) is 11.2. The zero-order chi connectivity index (χ0) is 15.8. The predicted molar refractivity (Wildman–Crippen MR) is 90.0 cm³/mol. The minimum absolute atomic E-state index is 0.0129. The van der Waals surface area contributed by atoms with Gasteiger partial charge in [0, 0.05) is 5.52 Å². The van der Waals surface area contributed by atoms with Crippen molar-refractivity contribution < 1.29 is 9.53 Å². The van der Waals surface area contributed by atoms with Crippen LogP contribution in [0.25, 0.3) is 10.9 Å². The molecule has 0 spiro atoms. The maximum atomic E-state index is 12.3. The van der Waals surface area contributed by atoms with Gasteiger partial charge in [0.2, 0.25) is 0 Å². The van der Waals surface area contributed by atoms with Gasteiger partial charge in [-0.05, 0) is 53.3 Å². The molecule has 116 valence electrons. The summed E-state index contributed by atoms with van der Waals surface area (Å²) in [4.78, 5) is 27.8. The van der Waals surface area contributed by atoms with E-state index in [2.05, 4.69) is 4.98 Å². The molecular weight excluding hydrogens is 310 g/mol. The fraction of sp³-hybridized carbons (Fsp3) is 0.222. The Morgan fingerprint density at radius 3 is 2.91 bits per heavy atom. The Balaban J connectivity index is 1.54. The molecule has 0 unspecified atom stereocenters. The number of fused-ring (bicyclic) bond motifs is 1. The van der Waals surface area contributed by atoms with E-state index in [0.717, 1.165) is 29.3 Å². The molecule has 0 aliphatic heterocycles. The van der Waals surface area contributed by atoms with Crippen LogP contribution in [0.2, 0.25) is 0 Å². The van der Waals surface area contributed by atoms with Gasteiger partial charge in [-0.15, -0.1) is 11.3 Å². The van der Waals surface area contributed by atoms with E-state index in [-0.39, 0.29) is 18.1 Å². The van der Waals surface area contributed by atoms with Crippen LogP contribution in [-0.4, -0.2) is 11.0 Å².